The Bertz CT molecular complexity index is 981. The zero-order valence-corrected chi connectivity index (χ0v) is 17.3. The van der Waals surface area contributed by atoms with E-state index in [1.807, 2.05) is 37.3 Å². The van der Waals surface area contributed by atoms with Gasteiger partial charge in [0.05, 0.1) is 12.1 Å². The second-order valence-electron chi connectivity index (χ2n) is 8.27. The monoisotopic (exact) mass is 389 g/mol. The maximum atomic E-state index is 13.5. The predicted molar refractivity (Wildman–Crippen MR) is 113 cm³/mol. The van der Waals surface area contributed by atoms with E-state index in [2.05, 4.69) is 23.7 Å². The van der Waals surface area contributed by atoms with Crippen LogP contribution in [-0.2, 0) is 16.1 Å². The Labute approximate surface area is 172 Å². The number of benzene rings is 1. The molecule has 2 amide bonds. The summed E-state index contributed by atoms with van der Waals surface area (Å²) in [6.45, 7) is 8.16. The number of hydrogen-bond donors (Lipinski definition) is 0. The maximum absolute atomic E-state index is 13.5. The van der Waals surface area contributed by atoms with Crippen LogP contribution in [-0.4, -0.2) is 39.7 Å². The number of aromatic nitrogens is 1. The molecule has 1 aromatic heterocycles. The largest absolute Gasteiger partial charge is 0.366 e. The highest BCUT2D eigenvalue weighted by Crippen LogP contribution is 2.35. The average Bonchev–Trinajstić information content (AvgIpc) is 2.95. The maximum Gasteiger partial charge on any atom is 0.278 e. The summed E-state index contributed by atoms with van der Waals surface area (Å²) in [5.74, 6) is 0.101. The van der Waals surface area contributed by atoms with Gasteiger partial charge in [0.15, 0.2) is 0 Å². The quantitative estimate of drug-likeness (QED) is 0.748. The molecule has 5 heteroatoms. The van der Waals surface area contributed by atoms with Crippen LogP contribution in [0.15, 0.2) is 48.4 Å². The number of piperidine rings is 1. The van der Waals surface area contributed by atoms with Crippen molar-refractivity contribution in [2.24, 2.45) is 5.92 Å². The Balaban J connectivity index is 1.77. The van der Waals surface area contributed by atoms with Gasteiger partial charge in [-0.1, -0.05) is 31.2 Å². The van der Waals surface area contributed by atoms with Gasteiger partial charge in [-0.15, -0.1) is 0 Å². The van der Waals surface area contributed by atoms with Crippen LogP contribution in [0.5, 0.6) is 0 Å². The molecular formula is C24H27N3O2. The van der Waals surface area contributed by atoms with Gasteiger partial charge in [0, 0.05) is 25.5 Å². The number of amides is 2. The molecule has 0 bridgehead atoms. The van der Waals surface area contributed by atoms with Crippen molar-refractivity contribution in [3.8, 4) is 0 Å². The van der Waals surface area contributed by atoms with Crippen molar-refractivity contribution in [1.82, 2.24) is 14.8 Å². The number of carbonyl (C=O) groups is 2. The fourth-order valence-corrected chi connectivity index (χ4v) is 4.22. The first-order valence-corrected chi connectivity index (χ1v) is 10.3. The van der Waals surface area contributed by atoms with Crippen LogP contribution >= 0.6 is 0 Å². The summed E-state index contributed by atoms with van der Waals surface area (Å²) < 4.78 is 0. The molecule has 1 atom stereocenters. The van der Waals surface area contributed by atoms with Gasteiger partial charge in [-0.2, -0.15) is 0 Å². The van der Waals surface area contributed by atoms with Gasteiger partial charge < -0.3 is 4.90 Å². The summed E-state index contributed by atoms with van der Waals surface area (Å²) in [6, 6.07) is 9.73. The highest BCUT2D eigenvalue weighted by Gasteiger charge is 2.42. The molecule has 0 spiro atoms. The van der Waals surface area contributed by atoms with E-state index in [1.165, 1.54) is 10.5 Å². The third-order valence-corrected chi connectivity index (χ3v) is 5.98. The molecule has 150 valence electrons. The summed E-state index contributed by atoms with van der Waals surface area (Å²) in [4.78, 5) is 34.5. The number of likely N-dealkylation sites (tertiary alicyclic amines) is 1. The van der Waals surface area contributed by atoms with E-state index in [1.54, 1.807) is 12.4 Å². The van der Waals surface area contributed by atoms with Crippen LogP contribution in [0, 0.1) is 19.8 Å². The van der Waals surface area contributed by atoms with Crippen molar-refractivity contribution in [1.29, 1.82) is 0 Å². The molecule has 2 aliphatic rings. The van der Waals surface area contributed by atoms with E-state index in [-0.39, 0.29) is 18.4 Å². The minimum absolute atomic E-state index is 0.193. The van der Waals surface area contributed by atoms with Crippen molar-refractivity contribution >= 4 is 17.4 Å². The van der Waals surface area contributed by atoms with E-state index < -0.39 is 0 Å². The molecular weight excluding hydrogens is 362 g/mol. The van der Waals surface area contributed by atoms with Crippen molar-refractivity contribution in [2.75, 3.05) is 13.1 Å². The smallest absolute Gasteiger partial charge is 0.278 e. The van der Waals surface area contributed by atoms with E-state index in [0.717, 1.165) is 42.6 Å². The molecule has 5 nitrogen and oxygen atoms in total. The van der Waals surface area contributed by atoms with E-state index in [0.29, 0.717) is 17.2 Å². The third kappa shape index (κ3) is 3.69. The predicted octanol–water partition coefficient (Wildman–Crippen LogP) is 3.71. The molecule has 3 heterocycles. The molecule has 0 radical (unpaired) electrons. The van der Waals surface area contributed by atoms with Gasteiger partial charge in [0.2, 0.25) is 0 Å². The summed E-state index contributed by atoms with van der Waals surface area (Å²) >= 11 is 0. The number of nitrogens with zero attached hydrogens (tertiary/aromatic N) is 3. The van der Waals surface area contributed by atoms with Gasteiger partial charge in [0.25, 0.3) is 11.8 Å². The Morgan fingerprint density at radius 2 is 1.93 bits per heavy atom. The summed E-state index contributed by atoms with van der Waals surface area (Å²) in [5, 5.41) is 0. The Morgan fingerprint density at radius 3 is 2.62 bits per heavy atom. The van der Waals surface area contributed by atoms with E-state index in [9.17, 15) is 9.59 Å². The minimum atomic E-state index is -0.213. The molecule has 0 aliphatic carbocycles. The zero-order chi connectivity index (χ0) is 20.5. The van der Waals surface area contributed by atoms with Gasteiger partial charge in [0.1, 0.15) is 5.70 Å². The first-order chi connectivity index (χ1) is 14.0. The number of aryl methyl sites for hydroxylation is 2. The highest BCUT2D eigenvalue weighted by atomic mass is 16.2. The molecule has 0 N–H and O–H groups in total. The van der Waals surface area contributed by atoms with Gasteiger partial charge in [-0.25, -0.2) is 0 Å². The van der Waals surface area contributed by atoms with Crippen LogP contribution < -0.4 is 0 Å². The second kappa shape index (κ2) is 7.82. The molecule has 1 aromatic carbocycles. The van der Waals surface area contributed by atoms with Crippen molar-refractivity contribution in [2.45, 2.75) is 40.2 Å². The van der Waals surface area contributed by atoms with Crippen LogP contribution in [0.3, 0.4) is 0 Å². The standard InChI is InChI=1S/C24H27N3O2/c1-16-6-5-11-26(14-16)22-21(20-9-8-17(2)18(3)12-20)23(28)27(24(22)29)15-19-7-4-10-25-13-19/h4,7-10,12-13,16H,5-6,11,14-15H2,1-3H3. The van der Waals surface area contributed by atoms with Crippen LogP contribution in [0.2, 0.25) is 0 Å². The molecule has 2 aliphatic heterocycles. The van der Waals surface area contributed by atoms with E-state index in [4.69, 9.17) is 0 Å². The average molecular weight is 389 g/mol. The van der Waals surface area contributed by atoms with Gasteiger partial charge in [-0.3, -0.25) is 19.5 Å². The number of carbonyl (C=O) groups excluding carboxylic acids is 2. The van der Waals surface area contributed by atoms with Crippen molar-refractivity contribution in [3.63, 3.8) is 0 Å². The molecule has 29 heavy (non-hydrogen) atoms. The topological polar surface area (TPSA) is 53.5 Å². The lowest BCUT2D eigenvalue weighted by molar-refractivity contribution is -0.138. The van der Waals surface area contributed by atoms with Crippen molar-refractivity contribution < 1.29 is 9.59 Å². The molecule has 1 saturated heterocycles. The molecule has 1 unspecified atom stereocenters. The SMILES string of the molecule is Cc1ccc(C2=C(N3CCCC(C)C3)C(=O)N(Cc3cccnc3)C2=O)cc1C. The lowest BCUT2D eigenvalue weighted by Gasteiger charge is -2.33. The summed E-state index contributed by atoms with van der Waals surface area (Å²) in [7, 11) is 0. The zero-order valence-electron chi connectivity index (χ0n) is 17.3. The van der Waals surface area contributed by atoms with Crippen LogP contribution in [0.25, 0.3) is 5.57 Å². The fraction of sp³-hybridized carbons (Fsp3) is 0.375. The molecule has 4 rings (SSSR count). The Hall–Kier alpha value is -2.95. The summed E-state index contributed by atoms with van der Waals surface area (Å²) in [5.41, 5.74) is 5.07. The third-order valence-electron chi connectivity index (χ3n) is 5.98. The fourth-order valence-electron chi connectivity index (χ4n) is 4.22. The summed E-state index contributed by atoms with van der Waals surface area (Å²) in [6.07, 6.45) is 5.59. The molecule has 1 fully saturated rings. The van der Waals surface area contributed by atoms with Crippen LogP contribution in [0.4, 0.5) is 0 Å². The Kier molecular flexibility index (Phi) is 5.22. The minimum Gasteiger partial charge on any atom is -0.366 e. The first-order valence-electron chi connectivity index (χ1n) is 10.3. The highest BCUT2D eigenvalue weighted by molar-refractivity contribution is 6.35. The number of rotatable bonds is 4. The second-order valence-corrected chi connectivity index (χ2v) is 8.27. The van der Waals surface area contributed by atoms with Gasteiger partial charge in [-0.05, 0) is 60.9 Å². The molecule has 2 aromatic rings. The normalized spacial score (nSPS) is 20.0. The Morgan fingerprint density at radius 1 is 1.10 bits per heavy atom. The van der Waals surface area contributed by atoms with Crippen LogP contribution in [0.1, 0.15) is 42.0 Å². The number of pyridine rings is 1. The lowest BCUT2D eigenvalue weighted by atomic mass is 9.96. The van der Waals surface area contributed by atoms with E-state index >= 15 is 0 Å². The number of imide groups is 1. The lowest BCUT2D eigenvalue weighted by Crippen LogP contribution is -2.39. The van der Waals surface area contributed by atoms with Gasteiger partial charge >= 0.3 is 0 Å². The molecule has 0 saturated carbocycles. The first kappa shape index (κ1) is 19.4. The van der Waals surface area contributed by atoms with Crippen molar-refractivity contribution in [3.05, 3.63) is 70.7 Å². The number of hydrogen-bond acceptors (Lipinski definition) is 4.